The second-order valence-corrected chi connectivity index (χ2v) is 3.40. The van der Waals surface area contributed by atoms with Gasteiger partial charge >= 0.3 is 0 Å². The first-order valence-corrected chi connectivity index (χ1v) is 4.82. The molecule has 2 heteroatoms. The van der Waals surface area contributed by atoms with Gasteiger partial charge in [-0.05, 0) is 36.8 Å². The highest BCUT2D eigenvalue weighted by molar-refractivity contribution is 5.62. The van der Waals surface area contributed by atoms with Crippen LogP contribution < -0.4 is 0 Å². The Bertz CT molecular complexity index is 475. The van der Waals surface area contributed by atoms with Gasteiger partial charge in [0.25, 0.3) is 0 Å². The van der Waals surface area contributed by atoms with Crippen molar-refractivity contribution in [2.45, 2.75) is 6.92 Å². The molecule has 0 N–H and O–H groups in total. The fourth-order valence-corrected chi connectivity index (χ4v) is 1.33. The quantitative estimate of drug-likeness (QED) is 0.737. The highest BCUT2D eigenvalue weighted by Gasteiger charge is 2.01. The van der Waals surface area contributed by atoms with Gasteiger partial charge in [-0.3, -0.25) is 4.98 Å². The van der Waals surface area contributed by atoms with Crippen molar-refractivity contribution in [1.29, 1.82) is 0 Å². The SMILES string of the molecule is C=C(C)c1cccc(-c2ccccn2)n1. The van der Waals surface area contributed by atoms with Gasteiger partial charge in [-0.2, -0.15) is 0 Å². The Morgan fingerprint density at radius 2 is 1.87 bits per heavy atom. The van der Waals surface area contributed by atoms with E-state index >= 15 is 0 Å². The minimum atomic E-state index is 0.885. The summed E-state index contributed by atoms with van der Waals surface area (Å²) in [5.41, 5.74) is 3.66. The van der Waals surface area contributed by atoms with E-state index < -0.39 is 0 Å². The molecule has 0 unspecified atom stereocenters. The lowest BCUT2D eigenvalue weighted by Gasteiger charge is -2.02. The third-order valence-electron chi connectivity index (χ3n) is 2.11. The molecule has 0 saturated carbocycles. The average molecular weight is 196 g/mol. The number of nitrogens with zero attached hydrogens (tertiary/aromatic N) is 2. The van der Waals surface area contributed by atoms with E-state index in [1.54, 1.807) is 6.20 Å². The van der Waals surface area contributed by atoms with Crippen LogP contribution in [0.4, 0.5) is 0 Å². The molecule has 15 heavy (non-hydrogen) atoms. The van der Waals surface area contributed by atoms with Crippen molar-refractivity contribution in [3.8, 4) is 11.4 Å². The van der Waals surface area contributed by atoms with Crippen molar-refractivity contribution in [3.05, 3.63) is 54.9 Å². The lowest BCUT2D eigenvalue weighted by atomic mass is 10.2. The summed E-state index contributed by atoms with van der Waals surface area (Å²) in [6, 6.07) is 11.7. The van der Waals surface area contributed by atoms with Crippen molar-refractivity contribution in [2.75, 3.05) is 0 Å². The van der Waals surface area contributed by atoms with Crippen LogP contribution in [0.5, 0.6) is 0 Å². The lowest BCUT2D eigenvalue weighted by Crippen LogP contribution is -1.90. The highest BCUT2D eigenvalue weighted by Crippen LogP contribution is 2.16. The highest BCUT2D eigenvalue weighted by atomic mass is 14.8. The van der Waals surface area contributed by atoms with Crippen LogP contribution in [0, 0.1) is 0 Å². The Balaban J connectivity index is 2.46. The van der Waals surface area contributed by atoms with Crippen molar-refractivity contribution in [1.82, 2.24) is 9.97 Å². The Kier molecular flexibility index (Phi) is 2.59. The molecule has 2 nitrogen and oxygen atoms in total. The molecule has 0 aliphatic heterocycles. The fraction of sp³-hybridized carbons (Fsp3) is 0.0769. The number of allylic oxidation sites excluding steroid dienone is 1. The topological polar surface area (TPSA) is 25.8 Å². The number of hydrogen-bond donors (Lipinski definition) is 0. The van der Waals surface area contributed by atoms with E-state index in [0.29, 0.717) is 0 Å². The molecule has 0 saturated heterocycles. The van der Waals surface area contributed by atoms with Crippen LogP contribution in [-0.2, 0) is 0 Å². The van der Waals surface area contributed by atoms with E-state index in [-0.39, 0.29) is 0 Å². The van der Waals surface area contributed by atoms with E-state index in [9.17, 15) is 0 Å². The lowest BCUT2D eigenvalue weighted by molar-refractivity contribution is 1.22. The first kappa shape index (κ1) is 9.59. The van der Waals surface area contributed by atoms with Gasteiger partial charge in [0, 0.05) is 6.20 Å². The molecule has 0 amide bonds. The van der Waals surface area contributed by atoms with Crippen LogP contribution in [0.3, 0.4) is 0 Å². The molecule has 2 heterocycles. The van der Waals surface area contributed by atoms with Gasteiger partial charge in [-0.25, -0.2) is 4.98 Å². The average Bonchev–Trinajstić information content (AvgIpc) is 2.30. The molecule has 0 atom stereocenters. The van der Waals surface area contributed by atoms with Crippen LogP contribution in [0.15, 0.2) is 49.2 Å². The third-order valence-corrected chi connectivity index (χ3v) is 2.11. The molecule has 74 valence electrons. The number of rotatable bonds is 2. The minimum absolute atomic E-state index is 0.885. The molecule has 0 aliphatic carbocycles. The standard InChI is InChI=1S/C13H12N2/c1-10(2)11-7-5-8-13(15-11)12-6-3-4-9-14-12/h3-9H,1H2,2H3. The van der Waals surface area contributed by atoms with Crippen LogP contribution in [0.2, 0.25) is 0 Å². The van der Waals surface area contributed by atoms with Gasteiger partial charge in [-0.1, -0.05) is 18.7 Å². The summed E-state index contributed by atoms with van der Waals surface area (Å²) in [5.74, 6) is 0. The molecular formula is C13H12N2. The van der Waals surface area contributed by atoms with E-state index in [0.717, 1.165) is 22.7 Å². The van der Waals surface area contributed by atoms with Crippen LogP contribution in [0.1, 0.15) is 12.6 Å². The monoisotopic (exact) mass is 196 g/mol. The Morgan fingerprint density at radius 3 is 2.53 bits per heavy atom. The summed E-state index contributed by atoms with van der Waals surface area (Å²) in [6.45, 7) is 5.83. The summed E-state index contributed by atoms with van der Waals surface area (Å²) in [7, 11) is 0. The molecule has 2 rings (SSSR count). The first-order valence-electron chi connectivity index (χ1n) is 4.82. The number of hydrogen-bond acceptors (Lipinski definition) is 2. The fourth-order valence-electron chi connectivity index (χ4n) is 1.33. The summed E-state index contributed by atoms with van der Waals surface area (Å²) in [6.07, 6.45) is 1.77. The molecular weight excluding hydrogens is 184 g/mol. The van der Waals surface area contributed by atoms with Crippen molar-refractivity contribution < 1.29 is 0 Å². The van der Waals surface area contributed by atoms with Gasteiger partial charge in [-0.15, -0.1) is 0 Å². The Hall–Kier alpha value is -1.96. The minimum Gasteiger partial charge on any atom is -0.255 e. The van der Waals surface area contributed by atoms with Crippen molar-refractivity contribution in [3.63, 3.8) is 0 Å². The van der Waals surface area contributed by atoms with Gasteiger partial charge in [0.05, 0.1) is 17.1 Å². The molecule has 0 radical (unpaired) electrons. The summed E-state index contributed by atoms with van der Waals surface area (Å²) in [4.78, 5) is 8.74. The van der Waals surface area contributed by atoms with Gasteiger partial charge < -0.3 is 0 Å². The number of pyridine rings is 2. The van der Waals surface area contributed by atoms with E-state index in [2.05, 4.69) is 16.5 Å². The maximum atomic E-state index is 4.48. The third kappa shape index (κ3) is 2.10. The van der Waals surface area contributed by atoms with Gasteiger partial charge in [0.1, 0.15) is 0 Å². The smallest absolute Gasteiger partial charge is 0.0893 e. The second-order valence-electron chi connectivity index (χ2n) is 3.40. The normalized spacial score (nSPS) is 9.93. The molecule has 0 aliphatic rings. The first-order chi connectivity index (χ1) is 7.27. The zero-order valence-corrected chi connectivity index (χ0v) is 8.64. The molecule has 2 aromatic rings. The predicted molar refractivity (Wildman–Crippen MR) is 62.2 cm³/mol. The van der Waals surface area contributed by atoms with Crippen LogP contribution >= 0.6 is 0 Å². The van der Waals surface area contributed by atoms with Crippen LogP contribution in [-0.4, -0.2) is 9.97 Å². The second kappa shape index (κ2) is 4.05. The maximum Gasteiger partial charge on any atom is 0.0893 e. The zero-order valence-electron chi connectivity index (χ0n) is 8.64. The van der Waals surface area contributed by atoms with Crippen LogP contribution in [0.25, 0.3) is 17.0 Å². The Morgan fingerprint density at radius 1 is 1.07 bits per heavy atom. The molecule has 2 aromatic heterocycles. The summed E-state index contributed by atoms with van der Waals surface area (Å²) in [5, 5.41) is 0. The molecule has 0 fully saturated rings. The molecule has 0 aromatic carbocycles. The number of aromatic nitrogens is 2. The van der Waals surface area contributed by atoms with Gasteiger partial charge in [0.2, 0.25) is 0 Å². The summed E-state index contributed by atoms with van der Waals surface area (Å²) < 4.78 is 0. The van der Waals surface area contributed by atoms with E-state index in [1.807, 2.05) is 43.3 Å². The zero-order chi connectivity index (χ0) is 10.7. The predicted octanol–water partition coefficient (Wildman–Crippen LogP) is 3.18. The largest absolute Gasteiger partial charge is 0.255 e. The van der Waals surface area contributed by atoms with Crippen molar-refractivity contribution >= 4 is 5.57 Å². The Labute approximate surface area is 89.3 Å². The molecule has 0 spiro atoms. The van der Waals surface area contributed by atoms with Gasteiger partial charge in [0.15, 0.2) is 0 Å². The van der Waals surface area contributed by atoms with E-state index in [1.165, 1.54) is 0 Å². The molecule has 0 bridgehead atoms. The summed E-state index contributed by atoms with van der Waals surface area (Å²) >= 11 is 0. The maximum absolute atomic E-state index is 4.48. The van der Waals surface area contributed by atoms with Crippen molar-refractivity contribution in [2.24, 2.45) is 0 Å². The van der Waals surface area contributed by atoms with E-state index in [4.69, 9.17) is 0 Å².